The van der Waals surface area contributed by atoms with Gasteiger partial charge in [-0.05, 0) is 43.7 Å². The van der Waals surface area contributed by atoms with Crippen LogP contribution in [0, 0.1) is 6.92 Å². The van der Waals surface area contributed by atoms with E-state index in [4.69, 9.17) is 9.29 Å². The molecule has 0 saturated heterocycles. The van der Waals surface area contributed by atoms with Crippen LogP contribution in [0.2, 0.25) is 0 Å². The molecule has 2 aromatic rings. The molecule has 1 unspecified atom stereocenters. The van der Waals surface area contributed by atoms with Crippen LogP contribution in [-0.2, 0) is 14.9 Å². The van der Waals surface area contributed by atoms with E-state index in [1.165, 1.54) is 24.3 Å². The first-order valence-electron chi connectivity index (χ1n) is 6.63. The molecule has 0 fully saturated rings. The van der Waals surface area contributed by atoms with E-state index >= 15 is 0 Å². The summed E-state index contributed by atoms with van der Waals surface area (Å²) in [6, 6.07) is 12.3. The van der Waals surface area contributed by atoms with Gasteiger partial charge in [-0.1, -0.05) is 29.8 Å². The maximum absolute atomic E-state index is 12.1. The minimum absolute atomic E-state index is 0.0704. The van der Waals surface area contributed by atoms with E-state index in [1.807, 2.05) is 6.92 Å². The van der Waals surface area contributed by atoms with Crippen LogP contribution in [0.5, 0.6) is 5.75 Å². The summed E-state index contributed by atoms with van der Waals surface area (Å²) in [6.07, 6.45) is 0. The highest BCUT2D eigenvalue weighted by Crippen LogP contribution is 2.22. The number of rotatable bonds is 5. The second kappa shape index (κ2) is 6.19. The lowest BCUT2D eigenvalue weighted by Crippen LogP contribution is -2.10. The lowest BCUT2D eigenvalue weighted by Gasteiger charge is -2.09. The number of hydrogen-bond donors (Lipinski definition) is 1. The average molecular weight is 320 g/mol. The van der Waals surface area contributed by atoms with Gasteiger partial charge in [-0.3, -0.25) is 4.79 Å². The Labute approximate surface area is 129 Å². The smallest absolute Gasteiger partial charge is 0.339 e. The van der Waals surface area contributed by atoms with Crippen LogP contribution in [0.25, 0.3) is 0 Å². The molecule has 22 heavy (non-hydrogen) atoms. The van der Waals surface area contributed by atoms with E-state index in [9.17, 15) is 13.2 Å². The number of hydrogen-bond acceptors (Lipinski definition) is 4. The molecule has 0 bridgehead atoms. The van der Waals surface area contributed by atoms with E-state index in [1.54, 1.807) is 31.2 Å². The second-order valence-electron chi connectivity index (χ2n) is 4.98. The van der Waals surface area contributed by atoms with Crippen molar-refractivity contribution in [1.82, 2.24) is 0 Å². The summed E-state index contributed by atoms with van der Waals surface area (Å²) in [5, 5.41) is 8.94. The summed E-state index contributed by atoms with van der Waals surface area (Å²) in [5.74, 6) is -1.47. The number of carboxylic acid groups (broad SMARTS) is 1. The van der Waals surface area contributed by atoms with Crippen molar-refractivity contribution in [3.8, 4) is 5.75 Å². The largest absolute Gasteiger partial charge is 0.481 e. The Morgan fingerprint density at radius 2 is 1.59 bits per heavy atom. The van der Waals surface area contributed by atoms with E-state index < -0.39 is 22.0 Å². The van der Waals surface area contributed by atoms with Crippen LogP contribution in [0.3, 0.4) is 0 Å². The predicted molar refractivity (Wildman–Crippen MR) is 81.5 cm³/mol. The molecule has 116 valence electrons. The zero-order valence-electron chi connectivity index (χ0n) is 12.2. The predicted octanol–water partition coefficient (Wildman–Crippen LogP) is 2.95. The van der Waals surface area contributed by atoms with Gasteiger partial charge >= 0.3 is 16.1 Å². The molecule has 0 aliphatic heterocycles. The van der Waals surface area contributed by atoms with Crippen LogP contribution in [0.1, 0.15) is 24.0 Å². The summed E-state index contributed by atoms with van der Waals surface area (Å²) < 4.78 is 29.3. The van der Waals surface area contributed by atoms with Crippen molar-refractivity contribution in [3.63, 3.8) is 0 Å². The van der Waals surface area contributed by atoms with Crippen molar-refractivity contribution in [2.24, 2.45) is 0 Å². The van der Waals surface area contributed by atoms with Crippen LogP contribution in [0.15, 0.2) is 53.4 Å². The SMILES string of the molecule is Cc1ccc(S(=O)(=O)Oc2ccc(C(C)C(=O)O)cc2)cc1. The van der Waals surface area contributed by atoms with E-state index in [0.717, 1.165) is 5.56 Å². The maximum Gasteiger partial charge on any atom is 0.339 e. The summed E-state index contributed by atoms with van der Waals surface area (Å²) in [5.41, 5.74) is 1.53. The van der Waals surface area contributed by atoms with Crippen LogP contribution >= 0.6 is 0 Å². The van der Waals surface area contributed by atoms with Gasteiger partial charge in [-0.15, -0.1) is 0 Å². The van der Waals surface area contributed by atoms with Crippen molar-refractivity contribution < 1.29 is 22.5 Å². The highest BCUT2D eigenvalue weighted by molar-refractivity contribution is 7.87. The fourth-order valence-corrected chi connectivity index (χ4v) is 2.76. The molecular formula is C16H16O5S. The van der Waals surface area contributed by atoms with Gasteiger partial charge in [-0.25, -0.2) is 0 Å². The lowest BCUT2D eigenvalue weighted by molar-refractivity contribution is -0.138. The van der Waals surface area contributed by atoms with Gasteiger partial charge in [0.1, 0.15) is 10.6 Å². The maximum atomic E-state index is 12.1. The molecule has 1 N–H and O–H groups in total. The van der Waals surface area contributed by atoms with Crippen molar-refractivity contribution in [2.75, 3.05) is 0 Å². The average Bonchev–Trinajstić information content (AvgIpc) is 2.47. The lowest BCUT2D eigenvalue weighted by atomic mass is 10.0. The minimum atomic E-state index is -3.90. The molecule has 0 saturated carbocycles. The van der Waals surface area contributed by atoms with E-state index in [-0.39, 0.29) is 10.6 Å². The third-order valence-corrected chi connectivity index (χ3v) is 4.53. The summed E-state index contributed by atoms with van der Waals surface area (Å²) in [7, 11) is -3.90. The van der Waals surface area contributed by atoms with Crippen molar-refractivity contribution >= 4 is 16.1 Å². The Bertz CT molecular complexity index is 761. The Hall–Kier alpha value is -2.34. The van der Waals surface area contributed by atoms with Gasteiger partial charge in [0.15, 0.2) is 0 Å². The first-order chi connectivity index (χ1) is 10.3. The molecular weight excluding hydrogens is 304 g/mol. The van der Waals surface area contributed by atoms with Gasteiger partial charge in [0.05, 0.1) is 5.92 Å². The second-order valence-corrected chi connectivity index (χ2v) is 6.53. The van der Waals surface area contributed by atoms with Gasteiger partial charge in [0.25, 0.3) is 0 Å². The summed E-state index contributed by atoms with van der Waals surface area (Å²) in [6.45, 7) is 3.42. The topological polar surface area (TPSA) is 80.7 Å². The van der Waals surface area contributed by atoms with Gasteiger partial charge in [0, 0.05) is 0 Å². The number of carbonyl (C=O) groups is 1. The molecule has 2 aromatic carbocycles. The fourth-order valence-electron chi connectivity index (χ4n) is 1.83. The third kappa shape index (κ3) is 3.65. The quantitative estimate of drug-likeness (QED) is 0.857. The van der Waals surface area contributed by atoms with Crippen LogP contribution in [0.4, 0.5) is 0 Å². The highest BCUT2D eigenvalue weighted by Gasteiger charge is 2.17. The van der Waals surface area contributed by atoms with E-state index in [0.29, 0.717) is 5.56 Å². The number of aryl methyl sites for hydroxylation is 1. The highest BCUT2D eigenvalue weighted by atomic mass is 32.2. The Morgan fingerprint density at radius 1 is 1.05 bits per heavy atom. The molecule has 1 atom stereocenters. The molecule has 6 heteroatoms. The van der Waals surface area contributed by atoms with Crippen molar-refractivity contribution in [1.29, 1.82) is 0 Å². The number of aliphatic carboxylic acids is 1. The zero-order chi connectivity index (χ0) is 16.3. The molecule has 0 spiro atoms. The molecule has 0 radical (unpaired) electrons. The first kappa shape index (κ1) is 16.0. The van der Waals surface area contributed by atoms with Crippen molar-refractivity contribution in [3.05, 3.63) is 59.7 Å². The normalized spacial score (nSPS) is 12.6. The fraction of sp³-hybridized carbons (Fsp3) is 0.188. The summed E-state index contributed by atoms with van der Waals surface area (Å²) in [4.78, 5) is 11.0. The van der Waals surface area contributed by atoms with Gasteiger partial charge in [0.2, 0.25) is 0 Å². The van der Waals surface area contributed by atoms with Crippen LogP contribution in [-0.4, -0.2) is 19.5 Å². The molecule has 0 amide bonds. The standard InChI is InChI=1S/C16H16O5S/c1-11-3-9-15(10-4-11)22(19,20)21-14-7-5-13(6-8-14)12(2)16(17)18/h3-10,12H,1-2H3,(H,17,18). The Kier molecular flexibility index (Phi) is 4.51. The molecule has 5 nitrogen and oxygen atoms in total. The minimum Gasteiger partial charge on any atom is -0.481 e. The molecule has 0 aliphatic rings. The first-order valence-corrected chi connectivity index (χ1v) is 8.04. The van der Waals surface area contributed by atoms with E-state index in [2.05, 4.69) is 0 Å². The summed E-state index contributed by atoms with van der Waals surface area (Å²) >= 11 is 0. The monoisotopic (exact) mass is 320 g/mol. The van der Waals surface area contributed by atoms with Crippen LogP contribution < -0.4 is 4.18 Å². The number of carboxylic acids is 1. The van der Waals surface area contributed by atoms with Gasteiger partial charge in [-0.2, -0.15) is 8.42 Å². The third-order valence-electron chi connectivity index (χ3n) is 3.27. The van der Waals surface area contributed by atoms with Crippen molar-refractivity contribution in [2.45, 2.75) is 24.7 Å². The Morgan fingerprint density at radius 3 is 2.09 bits per heavy atom. The molecule has 0 heterocycles. The molecule has 0 aliphatic carbocycles. The Balaban J connectivity index is 2.20. The van der Waals surface area contributed by atoms with Gasteiger partial charge < -0.3 is 9.29 Å². The molecule has 0 aromatic heterocycles. The number of benzene rings is 2. The molecule has 2 rings (SSSR count). The zero-order valence-corrected chi connectivity index (χ0v) is 13.0.